The summed E-state index contributed by atoms with van der Waals surface area (Å²) in [5.41, 5.74) is 4.69. The number of hydrogen-bond donors (Lipinski definition) is 1. The fourth-order valence-electron chi connectivity index (χ4n) is 4.03. The van der Waals surface area contributed by atoms with Crippen molar-refractivity contribution in [2.75, 3.05) is 12.4 Å². The summed E-state index contributed by atoms with van der Waals surface area (Å²) in [5.74, 6) is 0.372. The Morgan fingerprint density at radius 3 is 2.69 bits per heavy atom. The Bertz CT molecular complexity index is 1260. The number of ether oxygens (including phenoxy) is 1. The van der Waals surface area contributed by atoms with E-state index in [0.717, 1.165) is 58.2 Å². The Morgan fingerprint density at radius 1 is 1.12 bits per heavy atom. The van der Waals surface area contributed by atoms with Crippen LogP contribution in [0.2, 0.25) is 0 Å². The number of aromatic nitrogens is 2. The van der Waals surface area contributed by atoms with E-state index < -0.39 is 5.97 Å². The zero-order chi connectivity index (χ0) is 22.8. The van der Waals surface area contributed by atoms with Crippen molar-refractivity contribution in [3.63, 3.8) is 0 Å². The fraction of sp³-hybridized carbons (Fsp3) is 0.417. The van der Waals surface area contributed by atoms with Gasteiger partial charge in [0, 0.05) is 10.4 Å². The first-order valence-corrected chi connectivity index (χ1v) is 12.7. The summed E-state index contributed by atoms with van der Waals surface area (Å²) in [6.07, 6.45) is 4.24. The number of esters is 1. The summed E-state index contributed by atoms with van der Waals surface area (Å²) in [5, 5.41) is 0.734. The molecule has 0 bridgehead atoms. The topological polar surface area (TPSA) is 89.1 Å². The van der Waals surface area contributed by atoms with Gasteiger partial charge in [-0.2, -0.15) is 0 Å². The van der Waals surface area contributed by atoms with Crippen LogP contribution in [0.3, 0.4) is 0 Å². The van der Waals surface area contributed by atoms with E-state index >= 15 is 0 Å². The van der Waals surface area contributed by atoms with E-state index in [1.807, 2.05) is 32.9 Å². The van der Waals surface area contributed by atoms with Crippen LogP contribution in [-0.2, 0) is 28.1 Å². The van der Waals surface area contributed by atoms with E-state index in [9.17, 15) is 14.4 Å². The molecular formula is C24H26N2O4S2. The number of benzene rings is 1. The summed E-state index contributed by atoms with van der Waals surface area (Å²) >= 11 is 2.92. The van der Waals surface area contributed by atoms with Gasteiger partial charge in [-0.05, 0) is 74.8 Å². The number of aromatic amines is 1. The van der Waals surface area contributed by atoms with Gasteiger partial charge in [0.05, 0.1) is 16.9 Å². The lowest BCUT2D eigenvalue weighted by atomic mass is 9.97. The maximum atomic E-state index is 12.6. The van der Waals surface area contributed by atoms with Gasteiger partial charge in [0.1, 0.15) is 10.7 Å². The second-order valence-corrected chi connectivity index (χ2v) is 10.3. The molecule has 6 nitrogen and oxygen atoms in total. The third-order valence-electron chi connectivity index (χ3n) is 5.84. The molecule has 0 aliphatic heterocycles. The molecule has 1 aliphatic rings. The van der Waals surface area contributed by atoms with Crippen LogP contribution in [-0.4, -0.2) is 34.1 Å². The average molecular weight is 471 g/mol. The quantitative estimate of drug-likeness (QED) is 0.405. The van der Waals surface area contributed by atoms with Crippen molar-refractivity contribution in [1.82, 2.24) is 9.97 Å². The molecule has 0 unspecified atom stereocenters. The third kappa shape index (κ3) is 4.81. The van der Waals surface area contributed by atoms with Gasteiger partial charge in [-0.25, -0.2) is 4.98 Å². The van der Waals surface area contributed by atoms with Crippen LogP contribution in [0, 0.1) is 20.8 Å². The number of hydrogen-bond acceptors (Lipinski definition) is 7. The summed E-state index contributed by atoms with van der Waals surface area (Å²) in [7, 11) is 0. The van der Waals surface area contributed by atoms with Gasteiger partial charge >= 0.3 is 5.97 Å². The number of carbonyl (C=O) groups excluding carboxylic acids is 2. The molecule has 1 aromatic carbocycles. The highest BCUT2D eigenvalue weighted by molar-refractivity contribution is 7.99. The smallest absolute Gasteiger partial charge is 0.316 e. The number of thiophene rings is 1. The number of aryl methyl sites for hydroxylation is 5. The molecule has 8 heteroatoms. The van der Waals surface area contributed by atoms with E-state index in [4.69, 9.17) is 4.74 Å². The number of Topliss-reactive ketones (excluding diaryl/α,β-unsaturated/α-hetero) is 1. The number of nitrogens with one attached hydrogen (secondary N) is 1. The molecule has 0 fully saturated rings. The van der Waals surface area contributed by atoms with Gasteiger partial charge < -0.3 is 9.72 Å². The summed E-state index contributed by atoms with van der Waals surface area (Å²) in [4.78, 5) is 46.7. The predicted octanol–water partition coefficient (Wildman–Crippen LogP) is 4.45. The molecule has 0 spiro atoms. The van der Waals surface area contributed by atoms with Gasteiger partial charge in [-0.15, -0.1) is 23.1 Å². The molecular weight excluding hydrogens is 444 g/mol. The summed E-state index contributed by atoms with van der Waals surface area (Å²) < 4.78 is 5.17. The van der Waals surface area contributed by atoms with Crippen molar-refractivity contribution in [3.05, 3.63) is 61.0 Å². The van der Waals surface area contributed by atoms with Crippen molar-refractivity contribution in [1.29, 1.82) is 0 Å². The van der Waals surface area contributed by atoms with Crippen LogP contribution in [0.25, 0.3) is 10.2 Å². The molecule has 0 saturated heterocycles. The minimum Gasteiger partial charge on any atom is -0.457 e. The number of rotatable bonds is 7. The molecule has 0 atom stereocenters. The highest BCUT2D eigenvalue weighted by Gasteiger charge is 2.20. The van der Waals surface area contributed by atoms with Gasteiger partial charge in [0.2, 0.25) is 5.78 Å². The molecule has 0 saturated carbocycles. The van der Waals surface area contributed by atoms with Crippen LogP contribution in [0.5, 0.6) is 0 Å². The maximum Gasteiger partial charge on any atom is 0.316 e. The summed E-state index contributed by atoms with van der Waals surface area (Å²) in [6, 6.07) is 3.81. The highest BCUT2D eigenvalue weighted by atomic mass is 32.2. The van der Waals surface area contributed by atoms with Crippen LogP contribution in [0.1, 0.15) is 56.2 Å². The number of thioether (sulfide) groups is 1. The molecule has 4 rings (SSSR count). The molecule has 168 valence electrons. The van der Waals surface area contributed by atoms with Crippen molar-refractivity contribution in [2.45, 2.75) is 52.2 Å². The SMILES string of the molecule is Cc1cc(C)c(C(=O)COC(=O)CSCc2nc3sc4c(c3c(=O)[nH]2)CCCC4)cc1C. The normalized spacial score (nSPS) is 13.2. The first-order chi connectivity index (χ1) is 15.3. The first kappa shape index (κ1) is 22.7. The van der Waals surface area contributed by atoms with Gasteiger partial charge in [-0.1, -0.05) is 6.07 Å². The Hall–Kier alpha value is -2.45. The van der Waals surface area contributed by atoms with Crippen molar-refractivity contribution >= 4 is 45.1 Å². The van der Waals surface area contributed by atoms with Crippen LogP contribution < -0.4 is 5.56 Å². The van der Waals surface area contributed by atoms with Gasteiger partial charge in [-0.3, -0.25) is 14.4 Å². The third-order valence-corrected chi connectivity index (χ3v) is 7.94. The molecule has 2 aromatic heterocycles. The standard InChI is InChI=1S/C24H26N2O4S2/c1-13-8-15(3)17(9-14(13)2)18(27)10-30-21(28)12-31-11-20-25-23(29)22-16-6-4-5-7-19(16)32-24(22)26-20/h8-9H,4-7,10-12H2,1-3H3,(H,25,26,29). The summed E-state index contributed by atoms with van der Waals surface area (Å²) in [6.45, 7) is 5.56. The van der Waals surface area contributed by atoms with Crippen molar-refractivity contribution in [3.8, 4) is 0 Å². The number of ketones is 1. The van der Waals surface area contributed by atoms with E-state index in [1.54, 1.807) is 11.3 Å². The molecule has 3 aromatic rings. The largest absolute Gasteiger partial charge is 0.457 e. The Labute approximate surface area is 194 Å². The average Bonchev–Trinajstić information content (AvgIpc) is 3.13. The predicted molar refractivity (Wildman–Crippen MR) is 129 cm³/mol. The van der Waals surface area contributed by atoms with E-state index in [1.165, 1.54) is 16.6 Å². The Morgan fingerprint density at radius 2 is 1.88 bits per heavy atom. The van der Waals surface area contributed by atoms with Crippen LogP contribution >= 0.6 is 23.1 Å². The number of fused-ring (bicyclic) bond motifs is 3. The number of carbonyl (C=O) groups is 2. The monoisotopic (exact) mass is 470 g/mol. The lowest BCUT2D eigenvalue weighted by Gasteiger charge is -2.10. The fourth-order valence-corrected chi connectivity index (χ4v) is 6.00. The van der Waals surface area contributed by atoms with E-state index in [2.05, 4.69) is 9.97 Å². The molecule has 2 heterocycles. The van der Waals surface area contributed by atoms with Crippen molar-refractivity contribution < 1.29 is 14.3 Å². The molecule has 1 aliphatic carbocycles. The van der Waals surface area contributed by atoms with Crippen LogP contribution in [0.15, 0.2) is 16.9 Å². The van der Waals surface area contributed by atoms with Gasteiger partial charge in [0.15, 0.2) is 6.61 Å². The minimum absolute atomic E-state index is 0.0852. The molecule has 0 radical (unpaired) electrons. The zero-order valence-corrected chi connectivity index (χ0v) is 20.1. The van der Waals surface area contributed by atoms with E-state index in [-0.39, 0.29) is 23.7 Å². The lowest BCUT2D eigenvalue weighted by molar-refractivity contribution is -0.139. The molecule has 1 N–H and O–H groups in total. The second-order valence-electron chi connectivity index (χ2n) is 8.23. The molecule has 32 heavy (non-hydrogen) atoms. The molecule has 0 amide bonds. The van der Waals surface area contributed by atoms with Crippen LogP contribution in [0.4, 0.5) is 0 Å². The first-order valence-electron chi connectivity index (χ1n) is 10.7. The number of nitrogens with zero attached hydrogens (tertiary/aromatic N) is 1. The minimum atomic E-state index is -0.458. The van der Waals surface area contributed by atoms with Crippen molar-refractivity contribution in [2.24, 2.45) is 0 Å². The zero-order valence-electron chi connectivity index (χ0n) is 18.5. The highest BCUT2D eigenvalue weighted by Crippen LogP contribution is 2.33. The maximum absolute atomic E-state index is 12.6. The van der Waals surface area contributed by atoms with E-state index in [0.29, 0.717) is 17.1 Å². The van der Waals surface area contributed by atoms with Gasteiger partial charge in [0.25, 0.3) is 5.56 Å². The lowest BCUT2D eigenvalue weighted by Crippen LogP contribution is -2.17. The Kier molecular flexibility index (Phi) is 6.81. The second kappa shape index (κ2) is 9.58. The number of H-pyrrole nitrogens is 1. The Balaban J connectivity index is 1.31.